The van der Waals surface area contributed by atoms with Crippen LogP contribution in [0.4, 0.5) is 0 Å². The molecule has 0 aromatic heterocycles. The Morgan fingerprint density at radius 2 is 1.88 bits per heavy atom. The first-order chi connectivity index (χ1) is 11.6. The molecule has 0 amide bonds. The van der Waals surface area contributed by atoms with Gasteiger partial charge in [0, 0.05) is 18.1 Å². The molecule has 1 aliphatic heterocycles. The van der Waals surface area contributed by atoms with Crippen molar-refractivity contribution in [3.63, 3.8) is 0 Å². The van der Waals surface area contributed by atoms with Crippen molar-refractivity contribution in [2.45, 2.75) is 19.1 Å². The average molecular weight is 345 g/mol. The minimum absolute atomic E-state index is 0.0653. The van der Waals surface area contributed by atoms with E-state index in [1.165, 1.54) is 17.5 Å². The number of hydrogen-bond donors (Lipinski definition) is 0. The standard InChI is InChI=1S/C20H25ClN2O/c1-22(2)12-5-13-23-14-16-6-3-4-7-19(16)20(15-23)24-18-10-8-17(21)9-11-18/h3-4,6-11,20H,5,12-15H2,1-2H3. The summed E-state index contributed by atoms with van der Waals surface area (Å²) in [5.74, 6) is 0.870. The van der Waals surface area contributed by atoms with Crippen LogP contribution >= 0.6 is 11.6 Å². The fourth-order valence-corrected chi connectivity index (χ4v) is 3.32. The smallest absolute Gasteiger partial charge is 0.137 e. The molecule has 4 heteroatoms. The third-order valence-electron chi connectivity index (χ3n) is 4.39. The third kappa shape index (κ3) is 4.50. The molecule has 1 heterocycles. The Kier molecular flexibility index (Phi) is 5.77. The molecule has 3 rings (SSSR count). The number of fused-ring (bicyclic) bond motifs is 1. The van der Waals surface area contributed by atoms with Crippen molar-refractivity contribution >= 4 is 11.6 Å². The average Bonchev–Trinajstić information content (AvgIpc) is 2.57. The summed E-state index contributed by atoms with van der Waals surface area (Å²) in [6.07, 6.45) is 1.23. The van der Waals surface area contributed by atoms with Gasteiger partial charge in [-0.05, 0) is 69.0 Å². The van der Waals surface area contributed by atoms with E-state index in [2.05, 4.69) is 48.2 Å². The first kappa shape index (κ1) is 17.3. The van der Waals surface area contributed by atoms with E-state index in [4.69, 9.17) is 16.3 Å². The number of nitrogens with zero attached hydrogens (tertiary/aromatic N) is 2. The summed E-state index contributed by atoms with van der Waals surface area (Å²) in [5, 5.41) is 0.733. The highest BCUT2D eigenvalue weighted by atomic mass is 35.5. The van der Waals surface area contributed by atoms with Crippen molar-refractivity contribution in [3.05, 3.63) is 64.7 Å². The van der Waals surface area contributed by atoms with Crippen LogP contribution in [-0.2, 0) is 6.54 Å². The summed E-state index contributed by atoms with van der Waals surface area (Å²) >= 11 is 5.97. The van der Waals surface area contributed by atoms with Crippen molar-refractivity contribution in [1.82, 2.24) is 9.80 Å². The summed E-state index contributed by atoms with van der Waals surface area (Å²) in [6, 6.07) is 16.2. The van der Waals surface area contributed by atoms with Gasteiger partial charge in [0.15, 0.2) is 0 Å². The van der Waals surface area contributed by atoms with Crippen LogP contribution in [0.5, 0.6) is 5.75 Å². The Balaban J connectivity index is 1.72. The highest BCUT2D eigenvalue weighted by molar-refractivity contribution is 6.30. The zero-order valence-electron chi connectivity index (χ0n) is 14.4. The summed E-state index contributed by atoms with van der Waals surface area (Å²) in [7, 11) is 4.25. The molecule has 0 bridgehead atoms. The van der Waals surface area contributed by atoms with Crippen LogP contribution < -0.4 is 4.74 Å². The number of benzene rings is 2. The van der Waals surface area contributed by atoms with E-state index in [9.17, 15) is 0 Å². The molecule has 0 fully saturated rings. The number of rotatable bonds is 6. The van der Waals surface area contributed by atoms with Gasteiger partial charge < -0.3 is 9.64 Å². The predicted octanol–water partition coefficient (Wildman–Crippen LogP) is 4.23. The summed E-state index contributed by atoms with van der Waals surface area (Å²) < 4.78 is 6.28. The van der Waals surface area contributed by atoms with E-state index in [-0.39, 0.29) is 6.10 Å². The van der Waals surface area contributed by atoms with Gasteiger partial charge in [0.05, 0.1) is 0 Å². The topological polar surface area (TPSA) is 15.7 Å². The predicted molar refractivity (Wildman–Crippen MR) is 99.7 cm³/mol. The zero-order valence-corrected chi connectivity index (χ0v) is 15.2. The first-order valence-corrected chi connectivity index (χ1v) is 8.87. The zero-order chi connectivity index (χ0) is 16.9. The van der Waals surface area contributed by atoms with Crippen LogP contribution in [0.15, 0.2) is 48.5 Å². The third-order valence-corrected chi connectivity index (χ3v) is 4.64. The van der Waals surface area contributed by atoms with E-state index in [1.54, 1.807) is 0 Å². The Bertz CT molecular complexity index is 657. The molecule has 128 valence electrons. The Morgan fingerprint density at radius 3 is 2.62 bits per heavy atom. The molecular formula is C20H25ClN2O. The van der Waals surface area contributed by atoms with E-state index in [1.807, 2.05) is 24.3 Å². The number of ether oxygens (including phenoxy) is 1. The summed E-state index contributed by atoms with van der Waals surface area (Å²) in [6.45, 7) is 4.13. The van der Waals surface area contributed by atoms with Gasteiger partial charge in [-0.1, -0.05) is 35.9 Å². The molecule has 0 aliphatic carbocycles. The molecule has 1 aliphatic rings. The molecule has 3 nitrogen and oxygen atoms in total. The van der Waals surface area contributed by atoms with E-state index in [0.29, 0.717) is 0 Å². The maximum absolute atomic E-state index is 6.28. The molecule has 1 unspecified atom stereocenters. The van der Waals surface area contributed by atoms with Gasteiger partial charge in [0.25, 0.3) is 0 Å². The lowest BCUT2D eigenvalue weighted by molar-refractivity contribution is 0.109. The monoisotopic (exact) mass is 344 g/mol. The summed E-state index contributed by atoms with van der Waals surface area (Å²) in [5.41, 5.74) is 2.67. The SMILES string of the molecule is CN(C)CCCN1Cc2ccccc2C(Oc2ccc(Cl)cc2)C1. The largest absolute Gasteiger partial charge is 0.484 e. The second kappa shape index (κ2) is 8.02. The minimum Gasteiger partial charge on any atom is -0.484 e. The van der Waals surface area contributed by atoms with Gasteiger partial charge in [0.2, 0.25) is 0 Å². The second-order valence-electron chi connectivity index (χ2n) is 6.65. The van der Waals surface area contributed by atoms with Crippen LogP contribution in [0.1, 0.15) is 23.7 Å². The maximum Gasteiger partial charge on any atom is 0.137 e. The molecule has 0 radical (unpaired) electrons. The van der Waals surface area contributed by atoms with Crippen LogP contribution in [0, 0.1) is 0 Å². The van der Waals surface area contributed by atoms with Gasteiger partial charge in [-0.25, -0.2) is 0 Å². The molecule has 0 spiro atoms. The van der Waals surface area contributed by atoms with Gasteiger partial charge in [-0.2, -0.15) is 0 Å². The fourth-order valence-electron chi connectivity index (χ4n) is 3.19. The van der Waals surface area contributed by atoms with Crippen molar-refractivity contribution in [1.29, 1.82) is 0 Å². The van der Waals surface area contributed by atoms with E-state index >= 15 is 0 Å². The Morgan fingerprint density at radius 1 is 1.12 bits per heavy atom. The van der Waals surface area contributed by atoms with Crippen molar-refractivity contribution in [2.24, 2.45) is 0 Å². The lowest BCUT2D eigenvalue weighted by Crippen LogP contribution is -2.37. The lowest BCUT2D eigenvalue weighted by Gasteiger charge is -2.35. The van der Waals surface area contributed by atoms with Crippen LogP contribution in [-0.4, -0.2) is 43.5 Å². The molecule has 1 atom stereocenters. The highest BCUT2D eigenvalue weighted by Gasteiger charge is 2.26. The lowest BCUT2D eigenvalue weighted by atomic mass is 9.97. The Labute approximate surface area is 149 Å². The minimum atomic E-state index is 0.0653. The quantitative estimate of drug-likeness (QED) is 0.780. The van der Waals surface area contributed by atoms with Crippen LogP contribution in [0.3, 0.4) is 0 Å². The molecule has 2 aromatic carbocycles. The molecule has 0 saturated heterocycles. The number of hydrogen-bond acceptors (Lipinski definition) is 3. The highest BCUT2D eigenvalue weighted by Crippen LogP contribution is 2.31. The fraction of sp³-hybridized carbons (Fsp3) is 0.400. The van der Waals surface area contributed by atoms with Gasteiger partial charge in [-0.15, -0.1) is 0 Å². The summed E-state index contributed by atoms with van der Waals surface area (Å²) in [4.78, 5) is 4.73. The first-order valence-electron chi connectivity index (χ1n) is 8.49. The van der Waals surface area contributed by atoms with Crippen LogP contribution in [0.25, 0.3) is 0 Å². The Hall–Kier alpha value is -1.55. The van der Waals surface area contributed by atoms with Crippen molar-refractivity contribution in [2.75, 3.05) is 33.7 Å². The second-order valence-corrected chi connectivity index (χ2v) is 7.09. The number of halogens is 1. The van der Waals surface area contributed by atoms with Crippen LogP contribution in [0.2, 0.25) is 5.02 Å². The van der Waals surface area contributed by atoms with Crippen molar-refractivity contribution in [3.8, 4) is 5.75 Å². The van der Waals surface area contributed by atoms with Crippen molar-refractivity contribution < 1.29 is 4.74 Å². The van der Waals surface area contributed by atoms with Gasteiger partial charge in [0.1, 0.15) is 11.9 Å². The maximum atomic E-state index is 6.28. The van der Waals surface area contributed by atoms with Gasteiger partial charge >= 0.3 is 0 Å². The molecule has 24 heavy (non-hydrogen) atoms. The molecular weight excluding hydrogens is 320 g/mol. The molecule has 0 saturated carbocycles. The normalized spacial score (nSPS) is 17.8. The molecule has 0 N–H and O–H groups in total. The van der Waals surface area contributed by atoms with E-state index in [0.717, 1.165) is 37.0 Å². The van der Waals surface area contributed by atoms with E-state index < -0.39 is 0 Å². The van der Waals surface area contributed by atoms with Gasteiger partial charge in [-0.3, -0.25) is 4.90 Å². The molecule has 2 aromatic rings.